The summed E-state index contributed by atoms with van der Waals surface area (Å²) in [6.07, 6.45) is 0. The number of hydrogen-bond donors (Lipinski definition) is 2. The number of carbonyl (C=O) groups excluding carboxylic acids is 2. The molecule has 2 N–H and O–H groups in total. The Morgan fingerprint density at radius 2 is 2.11 bits per heavy atom. The Hall–Kier alpha value is -2.80. The number of thioether (sulfide) groups is 1. The number of imidazole rings is 1. The van der Waals surface area contributed by atoms with Crippen LogP contribution in [0.5, 0.6) is 0 Å². The minimum atomic E-state index is -0.155. The molecule has 138 valence electrons. The lowest BCUT2D eigenvalue weighted by atomic mass is 10.1. The third kappa shape index (κ3) is 3.42. The molecule has 1 aliphatic heterocycles. The lowest BCUT2D eigenvalue weighted by molar-refractivity contribution is -0.115. The van der Waals surface area contributed by atoms with E-state index in [4.69, 9.17) is 0 Å². The lowest BCUT2D eigenvalue weighted by Gasteiger charge is -2.21. The Kier molecular flexibility index (Phi) is 4.61. The lowest BCUT2D eigenvalue weighted by Crippen LogP contribution is -2.29. The van der Waals surface area contributed by atoms with Gasteiger partial charge in [-0.2, -0.15) is 0 Å². The number of carbonyl (C=O) groups is 2. The molecule has 0 saturated carbocycles. The number of fused-ring (bicyclic) bond motifs is 2. The predicted octanol–water partition coefficient (Wildman–Crippen LogP) is 3.21. The fourth-order valence-electron chi connectivity index (χ4n) is 3.21. The number of hydrogen-bond acceptors (Lipinski definition) is 4. The van der Waals surface area contributed by atoms with Crippen molar-refractivity contribution in [3.05, 3.63) is 53.9 Å². The predicted molar refractivity (Wildman–Crippen MR) is 107 cm³/mol. The molecule has 0 spiro atoms. The summed E-state index contributed by atoms with van der Waals surface area (Å²) in [5.41, 5.74) is 3.26. The fourth-order valence-corrected chi connectivity index (χ4v) is 4.14. The Balaban J connectivity index is 1.43. The van der Waals surface area contributed by atoms with Crippen molar-refractivity contribution in [2.45, 2.75) is 30.5 Å². The first-order valence-electron chi connectivity index (χ1n) is 8.84. The quantitative estimate of drug-likeness (QED) is 0.729. The standard InChI is InChI=1S/C20H20N4O2S/c1-12-19(25)23-16-11-14(7-8-18(16)27-12)20(26)21-9-10-24-13(2)22-15-5-3-4-6-17(15)24/h3-8,11-12H,9-10H2,1-2H3,(H,21,26)(H,23,25). The van der Waals surface area contributed by atoms with E-state index in [-0.39, 0.29) is 17.1 Å². The molecule has 1 aromatic heterocycles. The van der Waals surface area contributed by atoms with Crippen LogP contribution in [0.4, 0.5) is 5.69 Å². The molecule has 6 nitrogen and oxygen atoms in total. The Morgan fingerprint density at radius 3 is 2.96 bits per heavy atom. The highest BCUT2D eigenvalue weighted by Gasteiger charge is 2.23. The zero-order valence-electron chi connectivity index (χ0n) is 15.2. The van der Waals surface area contributed by atoms with E-state index in [9.17, 15) is 9.59 Å². The minimum Gasteiger partial charge on any atom is -0.350 e. The first-order valence-corrected chi connectivity index (χ1v) is 9.72. The van der Waals surface area contributed by atoms with E-state index >= 15 is 0 Å². The van der Waals surface area contributed by atoms with Crippen LogP contribution in [0.25, 0.3) is 11.0 Å². The van der Waals surface area contributed by atoms with Crippen LogP contribution >= 0.6 is 11.8 Å². The van der Waals surface area contributed by atoms with Crippen molar-refractivity contribution in [2.75, 3.05) is 11.9 Å². The van der Waals surface area contributed by atoms with Gasteiger partial charge in [-0.15, -0.1) is 11.8 Å². The highest BCUT2D eigenvalue weighted by atomic mass is 32.2. The molecule has 2 amide bonds. The van der Waals surface area contributed by atoms with Gasteiger partial charge < -0.3 is 15.2 Å². The van der Waals surface area contributed by atoms with Gasteiger partial charge in [0.05, 0.1) is 22.0 Å². The zero-order chi connectivity index (χ0) is 19.0. The van der Waals surface area contributed by atoms with Gasteiger partial charge in [0.1, 0.15) is 5.82 Å². The molecule has 2 aromatic carbocycles. The maximum absolute atomic E-state index is 12.5. The van der Waals surface area contributed by atoms with E-state index in [0.29, 0.717) is 24.3 Å². The van der Waals surface area contributed by atoms with Crippen molar-refractivity contribution in [1.29, 1.82) is 0 Å². The maximum atomic E-state index is 12.5. The number of nitrogens with one attached hydrogen (secondary N) is 2. The second-order valence-electron chi connectivity index (χ2n) is 6.52. The average Bonchev–Trinajstić information content (AvgIpc) is 2.98. The Bertz CT molecular complexity index is 1040. The van der Waals surface area contributed by atoms with E-state index < -0.39 is 0 Å². The van der Waals surface area contributed by atoms with Gasteiger partial charge in [-0.25, -0.2) is 4.98 Å². The monoisotopic (exact) mass is 380 g/mol. The molecule has 1 aliphatic rings. The molecule has 7 heteroatoms. The summed E-state index contributed by atoms with van der Waals surface area (Å²) in [5, 5.41) is 5.69. The zero-order valence-corrected chi connectivity index (χ0v) is 16.0. The van der Waals surface area contributed by atoms with E-state index in [1.54, 1.807) is 12.1 Å². The highest BCUT2D eigenvalue weighted by molar-refractivity contribution is 8.00. The SMILES string of the molecule is Cc1nc2ccccc2n1CCNC(=O)c1ccc2c(c1)NC(=O)C(C)S2. The van der Waals surface area contributed by atoms with Crippen molar-refractivity contribution in [3.8, 4) is 0 Å². The maximum Gasteiger partial charge on any atom is 0.251 e. The molecule has 4 rings (SSSR count). The molecule has 1 atom stereocenters. The van der Waals surface area contributed by atoms with Crippen LogP contribution in [0.3, 0.4) is 0 Å². The van der Waals surface area contributed by atoms with Gasteiger partial charge in [0.25, 0.3) is 5.91 Å². The van der Waals surface area contributed by atoms with E-state index in [2.05, 4.69) is 20.2 Å². The molecule has 0 aliphatic carbocycles. The van der Waals surface area contributed by atoms with E-state index in [1.165, 1.54) is 11.8 Å². The second kappa shape index (κ2) is 7.08. The number of amides is 2. The molecule has 0 bridgehead atoms. The van der Waals surface area contributed by atoms with Crippen molar-refractivity contribution in [2.24, 2.45) is 0 Å². The van der Waals surface area contributed by atoms with Gasteiger partial charge in [-0.1, -0.05) is 12.1 Å². The van der Waals surface area contributed by atoms with Gasteiger partial charge >= 0.3 is 0 Å². The van der Waals surface area contributed by atoms with Crippen LogP contribution in [0.1, 0.15) is 23.1 Å². The number of rotatable bonds is 4. The summed E-state index contributed by atoms with van der Waals surface area (Å²) in [6.45, 7) is 4.97. The van der Waals surface area contributed by atoms with Gasteiger partial charge in [-0.05, 0) is 44.2 Å². The highest BCUT2D eigenvalue weighted by Crippen LogP contribution is 2.35. The van der Waals surface area contributed by atoms with Crippen LogP contribution in [0, 0.1) is 6.92 Å². The fraction of sp³-hybridized carbons (Fsp3) is 0.250. The summed E-state index contributed by atoms with van der Waals surface area (Å²) in [7, 11) is 0. The van der Waals surface area contributed by atoms with Crippen LogP contribution < -0.4 is 10.6 Å². The van der Waals surface area contributed by atoms with Crippen LogP contribution in [-0.2, 0) is 11.3 Å². The molecule has 1 unspecified atom stereocenters. The molecular formula is C20H20N4O2S. The first-order chi connectivity index (χ1) is 13.0. The van der Waals surface area contributed by atoms with Gasteiger partial charge in [-0.3, -0.25) is 9.59 Å². The van der Waals surface area contributed by atoms with Gasteiger partial charge in [0, 0.05) is 23.5 Å². The summed E-state index contributed by atoms with van der Waals surface area (Å²) in [6, 6.07) is 13.4. The van der Waals surface area contributed by atoms with Crippen molar-refractivity contribution < 1.29 is 9.59 Å². The molecule has 2 heterocycles. The Labute approximate surface area is 161 Å². The number of nitrogens with zero attached hydrogens (tertiary/aromatic N) is 2. The number of aromatic nitrogens is 2. The van der Waals surface area contributed by atoms with Crippen molar-refractivity contribution >= 4 is 40.3 Å². The number of benzene rings is 2. The second-order valence-corrected chi connectivity index (χ2v) is 7.90. The normalized spacial score (nSPS) is 16.1. The summed E-state index contributed by atoms with van der Waals surface area (Å²) >= 11 is 1.51. The summed E-state index contributed by atoms with van der Waals surface area (Å²) in [5.74, 6) is 0.735. The van der Waals surface area contributed by atoms with Crippen LogP contribution in [0.2, 0.25) is 0 Å². The van der Waals surface area contributed by atoms with Crippen LogP contribution in [0.15, 0.2) is 47.4 Å². The molecule has 27 heavy (non-hydrogen) atoms. The van der Waals surface area contributed by atoms with E-state index in [1.807, 2.05) is 44.2 Å². The average molecular weight is 380 g/mol. The van der Waals surface area contributed by atoms with Crippen molar-refractivity contribution in [1.82, 2.24) is 14.9 Å². The third-order valence-electron chi connectivity index (χ3n) is 4.64. The molecule has 0 radical (unpaired) electrons. The van der Waals surface area contributed by atoms with Gasteiger partial charge in [0.2, 0.25) is 5.91 Å². The summed E-state index contributed by atoms with van der Waals surface area (Å²) < 4.78 is 2.10. The third-order valence-corrected chi connectivity index (χ3v) is 5.82. The molecule has 3 aromatic rings. The first kappa shape index (κ1) is 17.6. The molecule has 0 fully saturated rings. The largest absolute Gasteiger partial charge is 0.350 e. The molecular weight excluding hydrogens is 360 g/mol. The van der Waals surface area contributed by atoms with Crippen molar-refractivity contribution in [3.63, 3.8) is 0 Å². The topological polar surface area (TPSA) is 76.0 Å². The minimum absolute atomic E-state index is 0.0347. The number of anilines is 1. The van der Waals surface area contributed by atoms with E-state index in [0.717, 1.165) is 21.8 Å². The smallest absolute Gasteiger partial charge is 0.251 e. The van der Waals surface area contributed by atoms with Gasteiger partial charge in [0.15, 0.2) is 0 Å². The summed E-state index contributed by atoms with van der Waals surface area (Å²) in [4.78, 5) is 29.9. The molecule has 0 saturated heterocycles. The number of aryl methyl sites for hydroxylation is 1. The van der Waals surface area contributed by atoms with Crippen LogP contribution in [-0.4, -0.2) is 33.2 Å². The number of para-hydroxylation sites is 2. The Morgan fingerprint density at radius 1 is 1.30 bits per heavy atom.